The zero-order valence-corrected chi connectivity index (χ0v) is 50.2. The summed E-state index contributed by atoms with van der Waals surface area (Å²) < 4.78 is 118. The molecule has 0 radical (unpaired) electrons. The van der Waals surface area contributed by atoms with E-state index in [1.807, 2.05) is 13.0 Å². The maximum Gasteiger partial charge on any atom is 0.417 e. The number of carbonyl (C=O) groups is 3. The van der Waals surface area contributed by atoms with E-state index in [1.165, 1.54) is 0 Å². The van der Waals surface area contributed by atoms with E-state index in [-0.39, 0.29) is 69.7 Å². The lowest BCUT2D eigenvalue weighted by molar-refractivity contribution is -0.143. The van der Waals surface area contributed by atoms with Crippen LogP contribution in [0.15, 0.2) is 36.7 Å². The molecule has 2 aromatic rings. The highest BCUT2D eigenvalue weighted by molar-refractivity contribution is 8.24. The van der Waals surface area contributed by atoms with Gasteiger partial charge in [-0.3, -0.25) is 18.9 Å². The van der Waals surface area contributed by atoms with Crippen molar-refractivity contribution in [1.82, 2.24) is 9.97 Å². The molecule has 3 fully saturated rings. The normalized spacial score (nSPS) is 22.0. The number of rotatable bonds is 10. The Morgan fingerprint density at radius 3 is 1.23 bits per heavy atom. The van der Waals surface area contributed by atoms with Crippen LogP contribution in [0, 0.1) is 42.4 Å². The molecule has 2 heterocycles. The predicted molar refractivity (Wildman–Crippen MR) is 292 cm³/mol. The van der Waals surface area contributed by atoms with Crippen LogP contribution in [0.25, 0.3) is 0 Å². The third-order valence-corrected chi connectivity index (χ3v) is 21.7. The number of nitrogens with two attached hydrogens (primary N) is 1. The number of alkyl halides is 3. The van der Waals surface area contributed by atoms with Crippen LogP contribution in [0.2, 0.25) is 0 Å². The van der Waals surface area contributed by atoms with E-state index in [0.717, 1.165) is 43.4 Å². The van der Waals surface area contributed by atoms with Gasteiger partial charge >= 0.3 is 17.3 Å². The van der Waals surface area contributed by atoms with Crippen LogP contribution < -0.4 is 11.1 Å². The minimum Gasteiger partial charge on any atom is -0.481 e. The highest BCUT2D eigenvalue weighted by Crippen LogP contribution is 2.61. The van der Waals surface area contributed by atoms with Gasteiger partial charge in [-0.25, -0.2) is 35.2 Å². The van der Waals surface area contributed by atoms with Crippen LogP contribution in [0.5, 0.6) is 0 Å². The predicted octanol–water partition coefficient (Wildman–Crippen LogP) is 12.7. The molecule has 5 rings (SSSR count). The Morgan fingerprint density at radius 2 is 0.973 bits per heavy atom. The molecule has 426 valence electrons. The van der Waals surface area contributed by atoms with Crippen LogP contribution in [0.4, 0.5) is 24.8 Å². The molecular formula is C48H76Cl4F3N4O11PS3. The Bertz CT molecular complexity index is 2390. The number of carboxylic acids is 1. The lowest BCUT2D eigenvalue weighted by Gasteiger charge is -2.29. The number of sulfone groups is 3. The van der Waals surface area contributed by atoms with Crippen LogP contribution >= 0.6 is 50.5 Å². The number of halogens is 7. The minimum absolute atomic E-state index is 0.0301. The Hall–Kier alpha value is -2.26. The fourth-order valence-electron chi connectivity index (χ4n) is 7.75. The van der Waals surface area contributed by atoms with Crippen LogP contribution in [0.3, 0.4) is 0 Å². The molecule has 74 heavy (non-hydrogen) atoms. The van der Waals surface area contributed by atoms with Gasteiger partial charge in [0.25, 0.3) is 0 Å². The Morgan fingerprint density at radius 1 is 0.622 bits per heavy atom. The number of hydrogen-bond donors (Lipinski definition) is 3. The highest BCUT2D eigenvalue weighted by Gasteiger charge is 2.37. The van der Waals surface area contributed by atoms with E-state index in [4.69, 9.17) is 22.4 Å². The zero-order chi connectivity index (χ0) is 57.5. The van der Waals surface area contributed by atoms with Gasteiger partial charge in [-0.05, 0) is 233 Å². The molecule has 0 aliphatic heterocycles. The standard InChI is InChI=1S/C18H25F3N2O3S.C12H21ClO3S.C12H22O4S.C6H8N2.Cl3OP/c1-17(2,3)27(25,26)11-12-4-6-13(7-5-12)16(24)23-15-9-8-14(10-22-15)18(19,20)21;2*1-12(2,3)17(15,16)8-9-4-6-10(7-5-9)11(13)14;1-5-2-3-6(7)8-4-5;1-5(2,3)4/h8-10,12-13H,4-7,11H2,1-3H3,(H,22,23,24);9-10H,4-8H2,1-3H3;9-10H,4-8H2,1-3H3,(H,13,14);2-4H,1H3,(H2,7,8);. The number of nitrogen functional groups attached to an aromatic ring is 1. The van der Waals surface area contributed by atoms with E-state index in [9.17, 15) is 57.4 Å². The van der Waals surface area contributed by atoms with Crippen molar-refractivity contribution >= 4 is 109 Å². The maximum atomic E-state index is 12.5. The second-order valence-corrected chi connectivity index (χ2v) is 37.4. The average Bonchev–Trinajstić information content (AvgIpc) is 3.24. The first-order valence-corrected chi connectivity index (χ1v) is 33.9. The van der Waals surface area contributed by atoms with E-state index < -0.39 is 66.7 Å². The fourth-order valence-corrected chi connectivity index (χ4v) is 12.3. The van der Waals surface area contributed by atoms with Crippen molar-refractivity contribution in [3.8, 4) is 0 Å². The van der Waals surface area contributed by atoms with Gasteiger partial charge in [0.05, 0.1) is 43.0 Å². The van der Waals surface area contributed by atoms with Gasteiger partial charge in [-0.1, -0.05) is 6.07 Å². The summed E-state index contributed by atoms with van der Waals surface area (Å²) in [5, 5.41) is 7.91. The largest absolute Gasteiger partial charge is 0.481 e. The van der Waals surface area contributed by atoms with Crippen LogP contribution in [-0.2, 0) is 54.6 Å². The molecule has 0 aromatic carbocycles. The first-order valence-electron chi connectivity index (χ1n) is 24.2. The molecule has 3 saturated carbocycles. The van der Waals surface area contributed by atoms with Gasteiger partial charge in [0.15, 0.2) is 29.5 Å². The van der Waals surface area contributed by atoms with Gasteiger partial charge in [0.2, 0.25) is 11.1 Å². The summed E-state index contributed by atoms with van der Waals surface area (Å²) in [6, 6.07) is 5.72. The summed E-state index contributed by atoms with van der Waals surface area (Å²) in [6.07, 6.45) is 6.02. The summed E-state index contributed by atoms with van der Waals surface area (Å²) in [5.41, 5.74) is 5.58. The van der Waals surface area contributed by atoms with Gasteiger partial charge in [0, 0.05) is 24.2 Å². The number of nitrogens with zero attached hydrogens (tertiary/aromatic N) is 2. The van der Waals surface area contributed by atoms with Crippen molar-refractivity contribution < 1.29 is 62.5 Å². The second-order valence-electron chi connectivity index (χ2n) is 22.1. The van der Waals surface area contributed by atoms with Gasteiger partial charge < -0.3 is 16.2 Å². The third-order valence-electron chi connectivity index (χ3n) is 13.0. The van der Waals surface area contributed by atoms with Crippen LogP contribution in [0.1, 0.15) is 150 Å². The monoisotopic (exact) mass is 1210 g/mol. The Balaban J connectivity index is 0.000000507. The molecule has 15 nitrogen and oxygen atoms in total. The molecule has 0 saturated heterocycles. The van der Waals surface area contributed by atoms with E-state index >= 15 is 0 Å². The van der Waals surface area contributed by atoms with Crippen molar-refractivity contribution in [2.75, 3.05) is 28.3 Å². The molecule has 1 amide bonds. The number of hydrogen-bond acceptors (Lipinski definition) is 13. The van der Waals surface area contributed by atoms with Crippen molar-refractivity contribution in [2.24, 2.45) is 35.5 Å². The third kappa shape index (κ3) is 26.4. The molecule has 0 atom stereocenters. The van der Waals surface area contributed by atoms with Crippen molar-refractivity contribution in [1.29, 1.82) is 0 Å². The first kappa shape index (κ1) is 69.8. The molecule has 26 heteroatoms. The van der Waals surface area contributed by atoms with Gasteiger partial charge in [0.1, 0.15) is 11.6 Å². The molecule has 0 bridgehead atoms. The summed E-state index contributed by atoms with van der Waals surface area (Å²) in [4.78, 5) is 41.6. The van der Waals surface area contributed by atoms with Gasteiger partial charge in [-0.2, -0.15) is 13.2 Å². The van der Waals surface area contributed by atoms with Crippen molar-refractivity contribution in [3.05, 3.63) is 47.8 Å². The summed E-state index contributed by atoms with van der Waals surface area (Å²) in [7, 11) is -9.34. The number of pyridine rings is 2. The number of anilines is 2. The van der Waals surface area contributed by atoms with Gasteiger partial charge in [-0.15, -0.1) is 0 Å². The highest BCUT2D eigenvalue weighted by atomic mass is 36.0. The molecule has 3 aliphatic carbocycles. The topological polar surface area (TPSA) is 255 Å². The lowest BCUT2D eigenvalue weighted by Crippen LogP contribution is -2.35. The molecule has 2 aromatic heterocycles. The van der Waals surface area contributed by atoms with E-state index in [2.05, 4.69) is 49.0 Å². The summed E-state index contributed by atoms with van der Waals surface area (Å²) in [6.45, 7) is 17.4. The number of nitrogens with one attached hydrogen (secondary N) is 1. The number of carbonyl (C=O) groups excluding carboxylic acids is 2. The van der Waals surface area contributed by atoms with Crippen molar-refractivity contribution in [2.45, 2.75) is 167 Å². The zero-order valence-electron chi connectivity index (χ0n) is 43.9. The fraction of sp³-hybridized carbons (Fsp3) is 0.729. The quantitative estimate of drug-likeness (QED) is 0.148. The summed E-state index contributed by atoms with van der Waals surface area (Å²) >= 11 is 19.3. The van der Waals surface area contributed by atoms with Crippen LogP contribution in [-0.4, -0.2) is 88.9 Å². The smallest absolute Gasteiger partial charge is 0.417 e. The number of amides is 1. The second kappa shape index (κ2) is 29.1. The number of aromatic nitrogens is 2. The lowest BCUT2D eigenvalue weighted by atomic mass is 9.82. The van der Waals surface area contributed by atoms with Crippen molar-refractivity contribution in [3.63, 3.8) is 0 Å². The molecule has 0 unspecified atom stereocenters. The SMILES string of the molecule is CC(C)(C)S(=O)(=O)CC1CCC(C(=O)Cl)CC1.CC(C)(C)S(=O)(=O)CC1CCC(C(=O)Nc2ccc(C(F)(F)F)cn2)CC1.CC(C)(C)S(=O)(=O)CC1CCC(C(=O)O)CC1.Cc1ccc(N)nc1.O=P(Cl)(Cl)Cl. The molecular weight excluding hydrogens is 1130 g/mol. The maximum absolute atomic E-state index is 12.5. The molecule has 4 N–H and O–H groups in total. The minimum atomic E-state index is -4.47. The van der Waals surface area contributed by atoms with E-state index in [1.54, 1.807) is 74.6 Å². The number of aliphatic carboxylic acids is 1. The Kier molecular flexibility index (Phi) is 27.4. The Labute approximate surface area is 456 Å². The molecule has 0 spiro atoms. The number of carboxylic acid groups (broad SMARTS) is 1. The first-order chi connectivity index (χ1) is 33.3. The number of aryl methyl sites for hydroxylation is 1. The molecule has 3 aliphatic rings. The summed E-state index contributed by atoms with van der Waals surface area (Å²) in [5.74, 6) is -0.115. The average molecular weight is 1210 g/mol. The van der Waals surface area contributed by atoms with E-state index in [0.29, 0.717) is 63.4 Å².